The minimum atomic E-state index is -0.936. The molecule has 6 nitrogen and oxygen atoms in total. The zero-order valence-corrected chi connectivity index (χ0v) is 16.0. The average molecular weight is 411 g/mol. The Balaban J connectivity index is 1.48. The van der Waals surface area contributed by atoms with Crippen molar-refractivity contribution in [2.75, 3.05) is 23.3 Å². The van der Waals surface area contributed by atoms with E-state index in [-0.39, 0.29) is 24.2 Å². The maximum absolute atomic E-state index is 13.5. The van der Waals surface area contributed by atoms with Gasteiger partial charge in [0.2, 0.25) is 0 Å². The molecule has 1 aliphatic heterocycles. The van der Waals surface area contributed by atoms with Crippen LogP contribution in [0.5, 0.6) is 0 Å². The highest BCUT2D eigenvalue weighted by atomic mass is 19.2. The van der Waals surface area contributed by atoms with E-state index in [1.54, 1.807) is 46.2 Å². The van der Waals surface area contributed by atoms with Gasteiger partial charge in [-0.05, 0) is 54.4 Å². The van der Waals surface area contributed by atoms with Gasteiger partial charge in [-0.2, -0.15) is 0 Å². The van der Waals surface area contributed by atoms with Crippen LogP contribution in [-0.4, -0.2) is 29.9 Å². The lowest BCUT2D eigenvalue weighted by atomic mass is 10.1. The van der Waals surface area contributed by atoms with Crippen molar-refractivity contribution in [3.05, 3.63) is 83.8 Å². The number of benzene rings is 2. The summed E-state index contributed by atoms with van der Waals surface area (Å²) in [6, 6.07) is 13.5. The Morgan fingerprint density at radius 2 is 1.90 bits per heavy atom. The summed E-state index contributed by atoms with van der Waals surface area (Å²) in [5.74, 6) is -2.05. The van der Waals surface area contributed by atoms with E-state index in [4.69, 9.17) is 4.42 Å². The number of urea groups is 1. The summed E-state index contributed by atoms with van der Waals surface area (Å²) in [4.78, 5) is 28.4. The molecule has 0 aliphatic carbocycles. The van der Waals surface area contributed by atoms with E-state index in [1.807, 2.05) is 0 Å². The summed E-state index contributed by atoms with van der Waals surface area (Å²) in [5, 5.41) is 2.74. The second-order valence-electron chi connectivity index (χ2n) is 6.94. The van der Waals surface area contributed by atoms with Gasteiger partial charge >= 0.3 is 6.03 Å². The predicted molar refractivity (Wildman–Crippen MR) is 107 cm³/mol. The molecule has 0 atom stereocenters. The molecule has 8 heteroatoms. The maximum atomic E-state index is 13.5. The van der Waals surface area contributed by atoms with Gasteiger partial charge in [0.1, 0.15) is 0 Å². The second-order valence-corrected chi connectivity index (χ2v) is 6.94. The summed E-state index contributed by atoms with van der Waals surface area (Å²) < 4.78 is 31.7. The number of carbonyl (C=O) groups is 2. The molecule has 3 amide bonds. The topological polar surface area (TPSA) is 65.8 Å². The van der Waals surface area contributed by atoms with Crippen LogP contribution in [0, 0.1) is 11.6 Å². The number of amides is 3. The minimum absolute atomic E-state index is 0.182. The third-order valence-corrected chi connectivity index (χ3v) is 4.83. The molecule has 0 bridgehead atoms. The van der Waals surface area contributed by atoms with Crippen LogP contribution in [-0.2, 0) is 6.54 Å². The maximum Gasteiger partial charge on any atom is 0.324 e. The Labute approximate surface area is 171 Å². The number of halogens is 2. The van der Waals surface area contributed by atoms with Gasteiger partial charge in [0.25, 0.3) is 5.91 Å². The van der Waals surface area contributed by atoms with E-state index in [1.165, 1.54) is 12.3 Å². The molecule has 1 fully saturated rings. The van der Waals surface area contributed by atoms with Crippen LogP contribution in [0.2, 0.25) is 0 Å². The molecule has 0 unspecified atom stereocenters. The number of nitrogens with one attached hydrogen (secondary N) is 1. The first kappa shape index (κ1) is 19.6. The van der Waals surface area contributed by atoms with Crippen LogP contribution in [0.15, 0.2) is 65.3 Å². The van der Waals surface area contributed by atoms with Crippen molar-refractivity contribution in [1.82, 2.24) is 4.90 Å². The number of furan rings is 1. The lowest BCUT2D eigenvalue weighted by Crippen LogP contribution is -2.49. The monoisotopic (exact) mass is 411 g/mol. The number of hydrogen-bond donors (Lipinski definition) is 1. The van der Waals surface area contributed by atoms with Crippen LogP contribution in [0.3, 0.4) is 0 Å². The summed E-state index contributed by atoms with van der Waals surface area (Å²) in [6.45, 7) is 1.22. The van der Waals surface area contributed by atoms with Crippen molar-refractivity contribution < 1.29 is 22.8 Å². The van der Waals surface area contributed by atoms with Gasteiger partial charge in [0, 0.05) is 31.0 Å². The Bertz CT molecular complexity index is 1070. The van der Waals surface area contributed by atoms with Crippen LogP contribution in [0.4, 0.5) is 25.0 Å². The standard InChI is InChI=1S/C22H19F2N3O3/c23-18-8-7-15(12-19(18)24)14-26-9-3-10-27(22(26)29)17-5-1-4-16(13-17)25-21(28)20-6-2-11-30-20/h1-2,4-8,11-13H,3,9-10,14H2,(H,25,28). The highest BCUT2D eigenvalue weighted by molar-refractivity contribution is 6.02. The molecule has 30 heavy (non-hydrogen) atoms. The van der Waals surface area contributed by atoms with Gasteiger partial charge < -0.3 is 14.6 Å². The first-order valence-corrected chi connectivity index (χ1v) is 9.46. The van der Waals surface area contributed by atoms with Gasteiger partial charge in [-0.15, -0.1) is 0 Å². The molecule has 3 aromatic rings. The Morgan fingerprint density at radius 1 is 1.03 bits per heavy atom. The number of anilines is 2. The SMILES string of the molecule is O=C(Nc1cccc(N2CCCN(Cc3ccc(F)c(F)c3)C2=O)c1)c1ccco1. The fraction of sp³-hybridized carbons (Fsp3) is 0.182. The van der Waals surface area contributed by atoms with Crippen molar-refractivity contribution in [2.45, 2.75) is 13.0 Å². The molecule has 2 aromatic carbocycles. The van der Waals surface area contributed by atoms with Crippen LogP contribution in [0.1, 0.15) is 22.5 Å². The Hall–Kier alpha value is -3.68. The van der Waals surface area contributed by atoms with Crippen molar-refractivity contribution in [2.24, 2.45) is 0 Å². The summed E-state index contributed by atoms with van der Waals surface area (Å²) in [7, 11) is 0. The first-order valence-electron chi connectivity index (χ1n) is 9.46. The van der Waals surface area contributed by atoms with Crippen molar-refractivity contribution >= 4 is 23.3 Å². The van der Waals surface area contributed by atoms with Crippen molar-refractivity contribution in [3.63, 3.8) is 0 Å². The first-order chi connectivity index (χ1) is 14.5. The second kappa shape index (κ2) is 8.36. The van der Waals surface area contributed by atoms with Crippen molar-refractivity contribution in [1.29, 1.82) is 0 Å². The smallest absolute Gasteiger partial charge is 0.324 e. The fourth-order valence-corrected chi connectivity index (χ4v) is 3.38. The summed E-state index contributed by atoms with van der Waals surface area (Å²) in [5.41, 5.74) is 1.68. The molecule has 1 aromatic heterocycles. The predicted octanol–water partition coefficient (Wildman–Crippen LogP) is 4.64. The van der Waals surface area contributed by atoms with E-state index in [0.29, 0.717) is 30.0 Å². The summed E-state index contributed by atoms with van der Waals surface area (Å²) in [6.07, 6.45) is 2.14. The van der Waals surface area contributed by atoms with E-state index in [9.17, 15) is 18.4 Å². The van der Waals surface area contributed by atoms with E-state index in [2.05, 4.69) is 5.32 Å². The van der Waals surface area contributed by atoms with Gasteiger partial charge in [-0.1, -0.05) is 12.1 Å². The number of rotatable bonds is 5. The van der Waals surface area contributed by atoms with Crippen molar-refractivity contribution in [3.8, 4) is 0 Å². The minimum Gasteiger partial charge on any atom is -0.459 e. The van der Waals surface area contributed by atoms with Gasteiger partial charge in [-0.25, -0.2) is 13.6 Å². The molecule has 1 aliphatic rings. The van der Waals surface area contributed by atoms with Crippen LogP contribution in [0.25, 0.3) is 0 Å². The van der Waals surface area contributed by atoms with Crippen LogP contribution < -0.4 is 10.2 Å². The molecule has 1 saturated heterocycles. The zero-order chi connectivity index (χ0) is 21.1. The molecule has 154 valence electrons. The van der Waals surface area contributed by atoms with Gasteiger partial charge in [0.05, 0.1) is 6.26 Å². The fourth-order valence-electron chi connectivity index (χ4n) is 3.38. The average Bonchev–Trinajstić information content (AvgIpc) is 3.28. The molecule has 0 radical (unpaired) electrons. The highest BCUT2D eigenvalue weighted by Gasteiger charge is 2.27. The molecular weight excluding hydrogens is 392 g/mol. The normalized spacial score (nSPS) is 14.1. The highest BCUT2D eigenvalue weighted by Crippen LogP contribution is 2.25. The molecule has 1 N–H and O–H groups in total. The Kier molecular flexibility index (Phi) is 5.47. The molecule has 4 rings (SSSR count). The third-order valence-electron chi connectivity index (χ3n) is 4.83. The zero-order valence-electron chi connectivity index (χ0n) is 16.0. The summed E-state index contributed by atoms with van der Waals surface area (Å²) >= 11 is 0. The van der Waals surface area contributed by atoms with Crippen LogP contribution >= 0.6 is 0 Å². The van der Waals surface area contributed by atoms with E-state index in [0.717, 1.165) is 18.6 Å². The number of hydrogen-bond acceptors (Lipinski definition) is 3. The van der Waals surface area contributed by atoms with E-state index < -0.39 is 11.6 Å². The molecular formula is C22H19F2N3O3. The lowest BCUT2D eigenvalue weighted by Gasteiger charge is -2.36. The Morgan fingerprint density at radius 3 is 2.67 bits per heavy atom. The van der Waals surface area contributed by atoms with E-state index >= 15 is 0 Å². The molecule has 2 heterocycles. The quantitative estimate of drug-likeness (QED) is 0.665. The lowest BCUT2D eigenvalue weighted by molar-refractivity contribution is 0.0996. The number of nitrogens with zero attached hydrogens (tertiary/aromatic N) is 2. The van der Waals surface area contributed by atoms with Gasteiger partial charge in [0.15, 0.2) is 17.4 Å². The molecule has 0 saturated carbocycles. The molecule has 0 spiro atoms. The number of carbonyl (C=O) groups excluding carboxylic acids is 2. The largest absolute Gasteiger partial charge is 0.459 e. The van der Waals surface area contributed by atoms with Gasteiger partial charge in [-0.3, -0.25) is 9.69 Å². The third kappa shape index (κ3) is 4.17.